The molecule has 1 aliphatic heterocycles. The third kappa shape index (κ3) is 5.23. The maximum atomic E-state index is 11.8. The van der Waals surface area contributed by atoms with Crippen molar-refractivity contribution in [2.24, 2.45) is 4.99 Å². The van der Waals surface area contributed by atoms with Crippen molar-refractivity contribution in [1.82, 2.24) is 15.5 Å². The van der Waals surface area contributed by atoms with Gasteiger partial charge in [-0.05, 0) is 36.6 Å². The molecule has 2 heterocycles. The van der Waals surface area contributed by atoms with Crippen LogP contribution >= 0.6 is 24.0 Å². The topological polar surface area (TPSA) is 69.9 Å². The van der Waals surface area contributed by atoms with E-state index in [2.05, 4.69) is 51.7 Å². The average Bonchev–Trinajstić information content (AvgIpc) is 3.18. The molecule has 2 aromatic rings. The fourth-order valence-corrected chi connectivity index (χ4v) is 2.93. The summed E-state index contributed by atoms with van der Waals surface area (Å²) in [5.41, 5.74) is 2.77. The van der Waals surface area contributed by atoms with E-state index >= 15 is 0 Å². The maximum absolute atomic E-state index is 11.8. The Hall–Kier alpha value is -2.03. The first-order valence-electron chi connectivity index (χ1n) is 8.69. The van der Waals surface area contributed by atoms with E-state index in [0.717, 1.165) is 32.0 Å². The molecule has 0 aliphatic carbocycles. The van der Waals surface area contributed by atoms with Gasteiger partial charge in [-0.15, -0.1) is 24.0 Å². The molecule has 0 radical (unpaired) electrons. The third-order valence-electron chi connectivity index (χ3n) is 4.17. The second-order valence-corrected chi connectivity index (χ2v) is 5.91. The van der Waals surface area contributed by atoms with Gasteiger partial charge in [0.25, 0.3) is 5.91 Å². The molecule has 2 N–H and O–H groups in total. The Morgan fingerprint density at radius 2 is 2.00 bits per heavy atom. The Morgan fingerprint density at radius 3 is 2.73 bits per heavy atom. The number of amides is 1. The number of hydrogen-bond acceptors (Lipinski definition) is 3. The van der Waals surface area contributed by atoms with Gasteiger partial charge in [0.2, 0.25) is 0 Å². The van der Waals surface area contributed by atoms with Crippen LogP contribution in [0.15, 0.2) is 52.1 Å². The van der Waals surface area contributed by atoms with E-state index in [1.54, 1.807) is 12.1 Å². The lowest BCUT2D eigenvalue weighted by Gasteiger charge is -2.31. The molecule has 0 saturated heterocycles. The smallest absolute Gasteiger partial charge is 0.287 e. The quantitative estimate of drug-likeness (QED) is 0.307. The van der Waals surface area contributed by atoms with Gasteiger partial charge in [0, 0.05) is 26.2 Å². The van der Waals surface area contributed by atoms with Crippen molar-refractivity contribution in [3.63, 3.8) is 0 Å². The van der Waals surface area contributed by atoms with Crippen LogP contribution in [0.25, 0.3) is 0 Å². The van der Waals surface area contributed by atoms with Crippen LogP contribution in [0.3, 0.4) is 0 Å². The number of fused-ring (bicyclic) bond motifs is 1. The summed E-state index contributed by atoms with van der Waals surface area (Å²) in [5, 5.41) is 6.16. The Labute approximate surface area is 171 Å². The number of carbonyl (C=O) groups excluding carboxylic acids is 1. The number of furan rings is 1. The van der Waals surface area contributed by atoms with Crippen LogP contribution in [0.1, 0.15) is 28.6 Å². The summed E-state index contributed by atoms with van der Waals surface area (Å²) in [4.78, 5) is 18.7. The van der Waals surface area contributed by atoms with E-state index in [-0.39, 0.29) is 29.9 Å². The van der Waals surface area contributed by atoms with Crippen LogP contribution in [0.4, 0.5) is 0 Å². The van der Waals surface area contributed by atoms with Gasteiger partial charge in [-0.25, -0.2) is 0 Å². The highest BCUT2D eigenvalue weighted by atomic mass is 127. The summed E-state index contributed by atoms with van der Waals surface area (Å²) in [5.74, 6) is 1.00. The minimum Gasteiger partial charge on any atom is -0.459 e. The predicted molar refractivity (Wildman–Crippen MR) is 113 cm³/mol. The molecule has 1 aliphatic rings. The van der Waals surface area contributed by atoms with Gasteiger partial charge in [-0.3, -0.25) is 9.79 Å². The van der Waals surface area contributed by atoms with Crippen molar-refractivity contribution in [3.8, 4) is 0 Å². The highest BCUT2D eigenvalue weighted by molar-refractivity contribution is 14.0. The van der Waals surface area contributed by atoms with Crippen molar-refractivity contribution in [1.29, 1.82) is 0 Å². The third-order valence-corrected chi connectivity index (χ3v) is 4.17. The van der Waals surface area contributed by atoms with Gasteiger partial charge in [0.05, 0.1) is 12.8 Å². The van der Waals surface area contributed by atoms with Crippen LogP contribution in [-0.4, -0.2) is 42.9 Å². The fourth-order valence-electron chi connectivity index (χ4n) is 2.93. The van der Waals surface area contributed by atoms with Gasteiger partial charge in [-0.2, -0.15) is 0 Å². The number of guanidine groups is 1. The van der Waals surface area contributed by atoms with Crippen LogP contribution in [0.5, 0.6) is 0 Å². The van der Waals surface area contributed by atoms with Crippen LogP contribution in [-0.2, 0) is 13.0 Å². The molecule has 7 heteroatoms. The number of aliphatic imine (C=N–C) groups is 1. The predicted octanol–water partition coefficient (Wildman–Crippen LogP) is 2.65. The van der Waals surface area contributed by atoms with Gasteiger partial charge in [-0.1, -0.05) is 24.3 Å². The normalized spacial score (nSPS) is 13.6. The molecule has 0 fully saturated rings. The summed E-state index contributed by atoms with van der Waals surface area (Å²) in [6.45, 7) is 5.68. The lowest BCUT2D eigenvalue weighted by molar-refractivity contribution is 0.0927. The Kier molecular flexibility index (Phi) is 7.96. The van der Waals surface area contributed by atoms with Crippen LogP contribution in [0.2, 0.25) is 0 Å². The van der Waals surface area contributed by atoms with Crippen molar-refractivity contribution >= 4 is 35.8 Å². The highest BCUT2D eigenvalue weighted by Gasteiger charge is 2.18. The molecule has 1 amide bonds. The molecular weight excluding hydrogens is 443 g/mol. The van der Waals surface area contributed by atoms with E-state index in [1.165, 1.54) is 17.4 Å². The number of hydrogen-bond donors (Lipinski definition) is 2. The van der Waals surface area contributed by atoms with E-state index in [1.807, 2.05) is 0 Å². The Balaban J connectivity index is 0.00000243. The lowest BCUT2D eigenvalue weighted by atomic mass is 10.0. The molecule has 26 heavy (non-hydrogen) atoms. The van der Waals surface area contributed by atoms with Crippen molar-refractivity contribution in [2.75, 3.05) is 26.2 Å². The van der Waals surface area contributed by atoms with Crippen molar-refractivity contribution in [2.45, 2.75) is 19.9 Å². The maximum Gasteiger partial charge on any atom is 0.287 e. The molecule has 6 nitrogen and oxygen atoms in total. The second kappa shape index (κ2) is 10.2. The molecule has 0 saturated carbocycles. The summed E-state index contributed by atoms with van der Waals surface area (Å²) < 4.78 is 5.07. The molecule has 0 atom stereocenters. The number of nitrogens with one attached hydrogen (secondary N) is 2. The molecule has 140 valence electrons. The zero-order valence-corrected chi connectivity index (χ0v) is 17.2. The number of rotatable bonds is 5. The summed E-state index contributed by atoms with van der Waals surface area (Å²) in [6, 6.07) is 11.9. The largest absolute Gasteiger partial charge is 0.459 e. The van der Waals surface area contributed by atoms with Gasteiger partial charge in [0.15, 0.2) is 11.7 Å². The first-order chi connectivity index (χ1) is 12.3. The number of benzene rings is 1. The SMILES string of the molecule is CCNC(=NCCNC(=O)c1ccco1)N1CCc2ccccc2C1.I. The first-order valence-corrected chi connectivity index (χ1v) is 8.69. The first kappa shape index (κ1) is 20.3. The summed E-state index contributed by atoms with van der Waals surface area (Å²) in [7, 11) is 0. The Morgan fingerprint density at radius 1 is 1.19 bits per heavy atom. The van der Waals surface area contributed by atoms with Crippen LogP contribution in [0, 0.1) is 0 Å². The molecule has 1 aromatic carbocycles. The second-order valence-electron chi connectivity index (χ2n) is 5.91. The number of halogens is 1. The zero-order chi connectivity index (χ0) is 17.5. The van der Waals surface area contributed by atoms with Crippen molar-refractivity contribution in [3.05, 3.63) is 59.5 Å². The Bertz CT molecular complexity index is 731. The lowest BCUT2D eigenvalue weighted by Crippen LogP contribution is -2.44. The zero-order valence-electron chi connectivity index (χ0n) is 14.9. The van der Waals surface area contributed by atoms with Crippen LogP contribution < -0.4 is 10.6 Å². The fraction of sp³-hybridized carbons (Fsp3) is 0.368. The van der Waals surface area contributed by atoms with E-state index in [9.17, 15) is 4.79 Å². The summed E-state index contributed by atoms with van der Waals surface area (Å²) in [6.07, 6.45) is 2.51. The molecule has 0 unspecified atom stereocenters. The van der Waals surface area contributed by atoms with E-state index < -0.39 is 0 Å². The highest BCUT2D eigenvalue weighted by Crippen LogP contribution is 2.18. The van der Waals surface area contributed by atoms with Gasteiger partial charge < -0.3 is 20.0 Å². The van der Waals surface area contributed by atoms with E-state index in [0.29, 0.717) is 18.8 Å². The molecule has 0 spiro atoms. The van der Waals surface area contributed by atoms with Gasteiger partial charge >= 0.3 is 0 Å². The van der Waals surface area contributed by atoms with E-state index in [4.69, 9.17) is 4.42 Å². The monoisotopic (exact) mass is 468 g/mol. The van der Waals surface area contributed by atoms with Crippen molar-refractivity contribution < 1.29 is 9.21 Å². The molecule has 1 aromatic heterocycles. The number of carbonyl (C=O) groups is 1. The summed E-state index contributed by atoms with van der Waals surface area (Å²) >= 11 is 0. The molecule has 0 bridgehead atoms. The minimum absolute atomic E-state index is 0. The molecular formula is C19H25IN4O2. The minimum atomic E-state index is -0.211. The molecule has 3 rings (SSSR count). The number of nitrogens with zero attached hydrogens (tertiary/aromatic N) is 2. The average molecular weight is 468 g/mol. The standard InChI is InChI=1S/C19H24N4O2.HI/c1-2-20-19(22-11-10-21-18(24)17-8-5-13-25-17)23-12-9-15-6-3-4-7-16(15)14-23;/h3-8,13H,2,9-12,14H2,1H3,(H,20,22)(H,21,24);1H. The van der Waals surface area contributed by atoms with Gasteiger partial charge in [0.1, 0.15) is 0 Å².